The fraction of sp³-hybridized carbons (Fsp3) is 0.250. The Hall–Kier alpha value is -3.94. The summed E-state index contributed by atoms with van der Waals surface area (Å²) >= 11 is 0. The van der Waals surface area contributed by atoms with E-state index in [1.807, 2.05) is 19.2 Å². The van der Waals surface area contributed by atoms with E-state index in [-0.39, 0.29) is 22.8 Å². The van der Waals surface area contributed by atoms with Gasteiger partial charge in [-0.25, -0.2) is 9.50 Å². The fourth-order valence-corrected chi connectivity index (χ4v) is 2.89. The molecular weight excluding hydrogens is 413 g/mol. The SMILES string of the molecule is CC(C)c1ccc(-c2cc(C(F)(F)F)n3ncc(C(=O)N[C@@H](C#N)C(N)=O)c3n2)cc1. The van der Waals surface area contributed by atoms with Gasteiger partial charge in [0.2, 0.25) is 0 Å². The molecule has 0 spiro atoms. The Bertz CT molecular complexity index is 1190. The molecule has 0 unspecified atom stereocenters. The highest BCUT2D eigenvalue weighted by Gasteiger charge is 2.36. The van der Waals surface area contributed by atoms with Crippen LogP contribution in [0.3, 0.4) is 0 Å². The predicted molar refractivity (Wildman–Crippen MR) is 104 cm³/mol. The molecule has 0 saturated heterocycles. The standard InChI is InChI=1S/C20H17F3N6O2/c1-10(2)11-3-5-12(6-4-11)14-7-16(20(21,22)23)29-18(27-14)13(9-26-29)19(31)28-15(8-24)17(25)30/h3-7,9-10,15H,1-2H3,(H2,25,30)(H,28,31)/t15-/m0/s1. The summed E-state index contributed by atoms with van der Waals surface area (Å²) in [5.41, 5.74) is 4.56. The van der Waals surface area contributed by atoms with Crippen LogP contribution in [0.15, 0.2) is 36.5 Å². The molecule has 0 radical (unpaired) electrons. The third kappa shape index (κ3) is 4.32. The Labute approximate surface area is 174 Å². The van der Waals surface area contributed by atoms with Gasteiger partial charge in [-0.05, 0) is 17.5 Å². The Morgan fingerprint density at radius 1 is 1.23 bits per heavy atom. The third-order valence-corrected chi connectivity index (χ3v) is 4.57. The number of hydrogen-bond donors (Lipinski definition) is 2. The van der Waals surface area contributed by atoms with Crippen molar-refractivity contribution < 1.29 is 22.8 Å². The molecule has 0 aliphatic heterocycles. The van der Waals surface area contributed by atoms with Crippen LogP contribution in [0.2, 0.25) is 0 Å². The van der Waals surface area contributed by atoms with Gasteiger partial charge in [0.05, 0.1) is 18.0 Å². The maximum absolute atomic E-state index is 13.7. The number of nitrogens with one attached hydrogen (secondary N) is 1. The quantitative estimate of drug-likeness (QED) is 0.644. The van der Waals surface area contributed by atoms with Crippen LogP contribution in [0.5, 0.6) is 0 Å². The van der Waals surface area contributed by atoms with Crippen LogP contribution in [0.4, 0.5) is 13.2 Å². The van der Waals surface area contributed by atoms with E-state index in [1.54, 1.807) is 24.3 Å². The maximum Gasteiger partial charge on any atom is 0.433 e. The number of nitrogens with zero attached hydrogens (tertiary/aromatic N) is 4. The molecular formula is C20H17F3N6O2. The zero-order valence-corrected chi connectivity index (χ0v) is 16.4. The van der Waals surface area contributed by atoms with Gasteiger partial charge in [0.15, 0.2) is 17.4 Å². The minimum Gasteiger partial charge on any atom is -0.367 e. The molecule has 3 N–H and O–H groups in total. The number of rotatable bonds is 5. The minimum absolute atomic E-state index is 0.0172. The molecule has 2 aromatic heterocycles. The van der Waals surface area contributed by atoms with Gasteiger partial charge in [0.25, 0.3) is 11.8 Å². The molecule has 3 rings (SSSR count). The lowest BCUT2D eigenvalue weighted by Gasteiger charge is -2.12. The van der Waals surface area contributed by atoms with Gasteiger partial charge < -0.3 is 11.1 Å². The number of carbonyl (C=O) groups is 2. The average Bonchev–Trinajstić information content (AvgIpc) is 3.14. The van der Waals surface area contributed by atoms with Crippen LogP contribution >= 0.6 is 0 Å². The Kier molecular flexibility index (Phi) is 5.66. The number of aromatic nitrogens is 3. The van der Waals surface area contributed by atoms with E-state index in [0.717, 1.165) is 17.8 Å². The Morgan fingerprint density at radius 2 is 1.87 bits per heavy atom. The molecule has 2 amide bonds. The Morgan fingerprint density at radius 3 is 2.39 bits per heavy atom. The van der Waals surface area contributed by atoms with Crippen molar-refractivity contribution >= 4 is 17.5 Å². The van der Waals surface area contributed by atoms with E-state index in [1.165, 1.54) is 6.07 Å². The van der Waals surface area contributed by atoms with Crippen LogP contribution < -0.4 is 11.1 Å². The van der Waals surface area contributed by atoms with Gasteiger partial charge in [-0.1, -0.05) is 38.1 Å². The lowest BCUT2D eigenvalue weighted by atomic mass is 10.0. The second-order valence-electron chi connectivity index (χ2n) is 7.03. The van der Waals surface area contributed by atoms with E-state index in [2.05, 4.69) is 10.1 Å². The molecule has 0 fully saturated rings. The largest absolute Gasteiger partial charge is 0.433 e. The molecule has 0 aliphatic rings. The maximum atomic E-state index is 13.7. The molecule has 1 atom stereocenters. The summed E-state index contributed by atoms with van der Waals surface area (Å²) in [6, 6.07) is 7.53. The second-order valence-corrected chi connectivity index (χ2v) is 7.03. The first-order valence-electron chi connectivity index (χ1n) is 9.09. The summed E-state index contributed by atoms with van der Waals surface area (Å²) in [6.07, 6.45) is -3.90. The zero-order valence-electron chi connectivity index (χ0n) is 16.4. The lowest BCUT2D eigenvalue weighted by molar-refractivity contribution is -0.142. The zero-order chi connectivity index (χ0) is 22.9. The molecule has 160 valence electrons. The summed E-state index contributed by atoms with van der Waals surface area (Å²) in [7, 11) is 0. The molecule has 0 bridgehead atoms. The van der Waals surface area contributed by atoms with Crippen molar-refractivity contribution in [2.24, 2.45) is 5.73 Å². The molecule has 11 heteroatoms. The smallest absolute Gasteiger partial charge is 0.367 e. The number of primary amides is 1. The average molecular weight is 430 g/mol. The van der Waals surface area contributed by atoms with Gasteiger partial charge in [0.1, 0.15) is 5.56 Å². The van der Waals surface area contributed by atoms with E-state index in [4.69, 9.17) is 11.0 Å². The van der Waals surface area contributed by atoms with Gasteiger partial charge in [-0.3, -0.25) is 9.59 Å². The minimum atomic E-state index is -4.78. The molecule has 3 aromatic rings. The van der Waals surface area contributed by atoms with Crippen molar-refractivity contribution in [3.05, 3.63) is 53.3 Å². The van der Waals surface area contributed by atoms with Crippen LogP contribution in [-0.2, 0) is 11.0 Å². The molecule has 0 saturated carbocycles. The summed E-state index contributed by atoms with van der Waals surface area (Å²) in [4.78, 5) is 27.9. The number of amides is 2. The molecule has 2 heterocycles. The molecule has 1 aromatic carbocycles. The van der Waals surface area contributed by atoms with Crippen molar-refractivity contribution in [2.45, 2.75) is 32.0 Å². The molecule has 31 heavy (non-hydrogen) atoms. The highest BCUT2D eigenvalue weighted by molar-refractivity contribution is 6.02. The van der Waals surface area contributed by atoms with Gasteiger partial charge in [0, 0.05) is 5.56 Å². The lowest BCUT2D eigenvalue weighted by Crippen LogP contribution is -2.43. The van der Waals surface area contributed by atoms with Crippen molar-refractivity contribution in [1.29, 1.82) is 5.26 Å². The first-order valence-corrected chi connectivity index (χ1v) is 9.09. The highest BCUT2D eigenvalue weighted by atomic mass is 19.4. The van der Waals surface area contributed by atoms with Gasteiger partial charge >= 0.3 is 6.18 Å². The van der Waals surface area contributed by atoms with Crippen molar-refractivity contribution in [2.75, 3.05) is 0 Å². The molecule has 0 aliphatic carbocycles. The number of nitriles is 1. The van der Waals surface area contributed by atoms with Crippen molar-refractivity contribution in [3.8, 4) is 17.3 Å². The summed E-state index contributed by atoms with van der Waals surface area (Å²) in [5, 5.41) is 14.6. The van der Waals surface area contributed by atoms with E-state index < -0.39 is 29.7 Å². The molecule has 8 nitrogen and oxygen atoms in total. The van der Waals surface area contributed by atoms with E-state index in [0.29, 0.717) is 10.1 Å². The van der Waals surface area contributed by atoms with Crippen LogP contribution in [0, 0.1) is 11.3 Å². The number of hydrogen-bond acceptors (Lipinski definition) is 5. The fourth-order valence-electron chi connectivity index (χ4n) is 2.89. The van der Waals surface area contributed by atoms with Gasteiger partial charge in [-0.15, -0.1) is 0 Å². The topological polar surface area (TPSA) is 126 Å². The number of fused-ring (bicyclic) bond motifs is 1. The summed E-state index contributed by atoms with van der Waals surface area (Å²) < 4.78 is 41.5. The predicted octanol–water partition coefficient (Wildman–Crippen LogP) is 2.65. The first-order chi connectivity index (χ1) is 14.5. The van der Waals surface area contributed by atoms with E-state index >= 15 is 0 Å². The highest BCUT2D eigenvalue weighted by Crippen LogP contribution is 2.33. The second kappa shape index (κ2) is 8.06. The van der Waals surface area contributed by atoms with E-state index in [9.17, 15) is 22.8 Å². The number of alkyl halides is 3. The van der Waals surface area contributed by atoms with Crippen molar-refractivity contribution in [1.82, 2.24) is 19.9 Å². The number of nitrogens with two attached hydrogens (primary N) is 1. The number of carbonyl (C=O) groups excluding carboxylic acids is 2. The monoisotopic (exact) mass is 430 g/mol. The first kappa shape index (κ1) is 21.8. The third-order valence-electron chi connectivity index (χ3n) is 4.57. The number of benzene rings is 1. The number of halogens is 3. The van der Waals surface area contributed by atoms with Gasteiger partial charge in [-0.2, -0.15) is 23.5 Å². The van der Waals surface area contributed by atoms with Crippen LogP contribution in [-0.4, -0.2) is 32.5 Å². The Balaban J connectivity index is 2.15. The van der Waals surface area contributed by atoms with Crippen LogP contribution in [0.25, 0.3) is 16.9 Å². The van der Waals surface area contributed by atoms with Crippen molar-refractivity contribution in [3.63, 3.8) is 0 Å². The summed E-state index contributed by atoms with van der Waals surface area (Å²) in [5.74, 6) is -1.88. The van der Waals surface area contributed by atoms with Crippen LogP contribution in [0.1, 0.15) is 41.4 Å². The summed E-state index contributed by atoms with van der Waals surface area (Å²) in [6.45, 7) is 3.97. The normalized spacial score (nSPS) is 12.5.